The molecular weight excluding hydrogens is 348 g/mol. The second-order valence-corrected chi connectivity index (χ2v) is 6.92. The molecule has 0 radical (unpaired) electrons. The normalized spacial score (nSPS) is 13.1. The first-order valence-electron chi connectivity index (χ1n) is 8.39. The Kier molecular flexibility index (Phi) is 3.43. The lowest BCUT2D eigenvalue weighted by molar-refractivity contribution is 0.0972. The Morgan fingerprint density at radius 3 is 2.11 bits per heavy atom. The highest BCUT2D eigenvalue weighted by Gasteiger charge is 2.38. The van der Waals surface area contributed by atoms with Crippen LogP contribution in [0, 0.1) is 0 Å². The van der Waals surface area contributed by atoms with Gasteiger partial charge >= 0.3 is 0 Å². The van der Waals surface area contributed by atoms with Crippen LogP contribution in [0.1, 0.15) is 57.2 Å². The molecule has 0 bridgehead atoms. The number of hydrogen-bond donors (Lipinski definition) is 4. The molecule has 0 fully saturated rings. The van der Waals surface area contributed by atoms with E-state index >= 15 is 0 Å². The zero-order chi connectivity index (χ0) is 19.6. The third-order valence-corrected chi connectivity index (χ3v) is 4.99. The first-order valence-corrected chi connectivity index (χ1v) is 8.39. The molecule has 4 N–H and O–H groups in total. The van der Waals surface area contributed by atoms with Gasteiger partial charge in [0.15, 0.2) is 5.78 Å². The quantitative estimate of drug-likeness (QED) is 0.384. The van der Waals surface area contributed by atoms with E-state index < -0.39 is 34.4 Å². The topological polar surface area (TPSA) is 115 Å². The summed E-state index contributed by atoms with van der Waals surface area (Å²) in [6.45, 7) is 3.78. The minimum Gasteiger partial charge on any atom is -0.507 e. The third kappa shape index (κ3) is 2.13. The second kappa shape index (κ2) is 5.48. The Balaban J connectivity index is 2.17. The van der Waals surface area contributed by atoms with Crippen LogP contribution in [0.5, 0.6) is 23.0 Å². The molecule has 0 unspecified atom stereocenters. The van der Waals surface area contributed by atoms with Crippen LogP contribution in [0.15, 0.2) is 30.3 Å². The van der Waals surface area contributed by atoms with Crippen LogP contribution in [0.2, 0.25) is 0 Å². The fourth-order valence-electron chi connectivity index (χ4n) is 3.58. The van der Waals surface area contributed by atoms with Crippen molar-refractivity contribution in [1.29, 1.82) is 0 Å². The highest BCUT2D eigenvalue weighted by Crippen LogP contribution is 2.48. The molecule has 0 heterocycles. The molecule has 3 aromatic carbocycles. The van der Waals surface area contributed by atoms with Crippen LogP contribution in [-0.2, 0) is 0 Å². The van der Waals surface area contributed by atoms with Gasteiger partial charge in [-0.05, 0) is 29.7 Å². The van der Waals surface area contributed by atoms with Crippen molar-refractivity contribution >= 4 is 22.3 Å². The molecule has 0 atom stereocenters. The highest BCUT2D eigenvalue weighted by atomic mass is 16.3. The number of ketones is 2. The van der Waals surface area contributed by atoms with Crippen LogP contribution in [0.3, 0.4) is 0 Å². The van der Waals surface area contributed by atoms with E-state index in [1.807, 2.05) is 13.8 Å². The number of hydrogen-bond acceptors (Lipinski definition) is 6. The van der Waals surface area contributed by atoms with Crippen molar-refractivity contribution in [2.75, 3.05) is 0 Å². The molecule has 3 aromatic rings. The Hall–Kier alpha value is -3.54. The van der Waals surface area contributed by atoms with Crippen molar-refractivity contribution in [3.63, 3.8) is 0 Å². The first-order chi connectivity index (χ1) is 12.7. The smallest absolute Gasteiger partial charge is 0.202 e. The van der Waals surface area contributed by atoms with Gasteiger partial charge in [-0.25, -0.2) is 0 Å². The maximum Gasteiger partial charge on any atom is 0.202 e. The van der Waals surface area contributed by atoms with Crippen molar-refractivity contribution in [3.8, 4) is 23.0 Å². The van der Waals surface area contributed by atoms with Gasteiger partial charge in [-0.2, -0.15) is 0 Å². The molecule has 0 aliphatic heterocycles. The molecule has 6 heteroatoms. The minimum absolute atomic E-state index is 0.0212. The monoisotopic (exact) mass is 364 g/mol. The van der Waals surface area contributed by atoms with Crippen LogP contribution in [0.25, 0.3) is 10.8 Å². The number of rotatable bonds is 1. The summed E-state index contributed by atoms with van der Waals surface area (Å²) >= 11 is 0. The molecule has 0 aromatic heterocycles. The number of phenolic OH excluding ortho intramolecular Hbond substituents is 4. The fourth-order valence-corrected chi connectivity index (χ4v) is 3.58. The van der Waals surface area contributed by atoms with Crippen LogP contribution in [0.4, 0.5) is 0 Å². The molecule has 0 saturated carbocycles. The molecule has 4 rings (SSSR count). The van der Waals surface area contributed by atoms with Crippen LogP contribution in [-0.4, -0.2) is 32.0 Å². The van der Waals surface area contributed by atoms with Crippen LogP contribution < -0.4 is 0 Å². The van der Waals surface area contributed by atoms with Gasteiger partial charge in [0.2, 0.25) is 5.78 Å². The van der Waals surface area contributed by atoms with E-state index in [2.05, 4.69) is 0 Å². The van der Waals surface area contributed by atoms with Gasteiger partial charge in [0.25, 0.3) is 0 Å². The van der Waals surface area contributed by atoms with Crippen LogP contribution >= 0.6 is 0 Å². The Morgan fingerprint density at radius 2 is 1.44 bits per heavy atom. The standard InChI is InChI=1S/C21H16O6/c1-8(2)9-6-11-15(13(23)7-9)21(27)17-16(19(11)25)18(24)10-4-3-5-12(22)14(10)20(17)26/h3-8,22-23,25,27H,1-2H3. The summed E-state index contributed by atoms with van der Waals surface area (Å²) in [5.74, 6) is -3.24. The van der Waals surface area contributed by atoms with E-state index in [0.29, 0.717) is 5.56 Å². The molecule has 136 valence electrons. The number of aromatic hydroxyl groups is 4. The van der Waals surface area contributed by atoms with Gasteiger partial charge in [-0.1, -0.05) is 26.0 Å². The Morgan fingerprint density at radius 1 is 0.778 bits per heavy atom. The van der Waals surface area contributed by atoms with Gasteiger partial charge in [-0.3, -0.25) is 9.59 Å². The molecule has 1 aliphatic carbocycles. The largest absolute Gasteiger partial charge is 0.507 e. The second-order valence-electron chi connectivity index (χ2n) is 6.92. The van der Waals surface area contributed by atoms with E-state index in [1.165, 1.54) is 24.3 Å². The van der Waals surface area contributed by atoms with Crippen molar-refractivity contribution in [2.24, 2.45) is 0 Å². The summed E-state index contributed by atoms with van der Waals surface area (Å²) in [4.78, 5) is 25.8. The zero-order valence-electron chi connectivity index (χ0n) is 14.6. The maximum absolute atomic E-state index is 12.9. The summed E-state index contributed by atoms with van der Waals surface area (Å²) in [5, 5.41) is 41.9. The van der Waals surface area contributed by atoms with Crippen molar-refractivity contribution in [3.05, 3.63) is 58.1 Å². The number of fused-ring (bicyclic) bond motifs is 3. The third-order valence-electron chi connectivity index (χ3n) is 4.99. The Bertz CT molecular complexity index is 1170. The predicted octanol–water partition coefficient (Wildman–Crippen LogP) is 3.56. The van der Waals surface area contributed by atoms with Crippen molar-refractivity contribution in [1.82, 2.24) is 0 Å². The lowest BCUT2D eigenvalue weighted by Crippen LogP contribution is -2.21. The van der Waals surface area contributed by atoms with Gasteiger partial charge in [-0.15, -0.1) is 0 Å². The molecule has 27 heavy (non-hydrogen) atoms. The minimum atomic E-state index is -0.792. The van der Waals surface area contributed by atoms with Crippen molar-refractivity contribution < 1.29 is 30.0 Å². The van der Waals surface area contributed by atoms with E-state index in [9.17, 15) is 30.0 Å². The van der Waals surface area contributed by atoms with Gasteiger partial charge in [0.05, 0.1) is 22.1 Å². The molecule has 0 spiro atoms. The molecule has 6 nitrogen and oxygen atoms in total. The maximum atomic E-state index is 12.9. The first kappa shape index (κ1) is 16.9. The zero-order valence-corrected chi connectivity index (χ0v) is 14.6. The van der Waals surface area contributed by atoms with E-state index in [1.54, 1.807) is 6.07 Å². The highest BCUT2D eigenvalue weighted by molar-refractivity contribution is 6.33. The summed E-state index contributed by atoms with van der Waals surface area (Å²) in [6.07, 6.45) is 0. The molecular formula is C21H16O6. The summed E-state index contributed by atoms with van der Waals surface area (Å²) < 4.78 is 0. The molecule has 0 amide bonds. The Labute approximate surface area is 153 Å². The molecule has 0 saturated heterocycles. The van der Waals surface area contributed by atoms with Gasteiger partial charge in [0, 0.05) is 10.9 Å². The van der Waals surface area contributed by atoms with Gasteiger partial charge < -0.3 is 20.4 Å². The van der Waals surface area contributed by atoms with E-state index in [-0.39, 0.29) is 39.1 Å². The molecule has 1 aliphatic rings. The summed E-state index contributed by atoms with van der Waals surface area (Å²) in [7, 11) is 0. The van der Waals surface area contributed by atoms with E-state index in [4.69, 9.17) is 0 Å². The SMILES string of the molecule is CC(C)c1cc(O)c2c(O)c3c(c(O)c2c1)C(=O)c1cccc(O)c1C3=O. The number of carbonyl (C=O) groups is 2. The lowest BCUT2D eigenvalue weighted by Gasteiger charge is -2.22. The number of carbonyl (C=O) groups excluding carboxylic acids is 2. The van der Waals surface area contributed by atoms with Gasteiger partial charge in [0.1, 0.15) is 23.0 Å². The predicted molar refractivity (Wildman–Crippen MR) is 98.0 cm³/mol. The summed E-state index contributed by atoms with van der Waals surface area (Å²) in [6, 6.07) is 7.08. The number of phenols is 4. The average molecular weight is 364 g/mol. The van der Waals surface area contributed by atoms with E-state index in [0.717, 1.165) is 0 Å². The number of benzene rings is 3. The fraction of sp³-hybridized carbons (Fsp3) is 0.143. The summed E-state index contributed by atoms with van der Waals surface area (Å²) in [5.41, 5.74) is -0.342. The average Bonchev–Trinajstić information content (AvgIpc) is 2.61. The lowest BCUT2D eigenvalue weighted by atomic mass is 9.80. The van der Waals surface area contributed by atoms with Crippen molar-refractivity contribution in [2.45, 2.75) is 19.8 Å².